The Hall–Kier alpha value is -2.93. The number of hydrogen-bond acceptors (Lipinski definition) is 5. The summed E-state index contributed by atoms with van der Waals surface area (Å²) >= 11 is 6.34. The number of para-hydroxylation sites is 2. The SMILES string of the molecule is CNC(=O)C1CN(C(=O)c2cc(Cl)c3c(c2)OCCCO3)c2ccccc2O1. The first-order chi connectivity index (χ1) is 13.6. The van der Waals surface area contributed by atoms with Crippen molar-refractivity contribution in [3.8, 4) is 17.2 Å². The second-order valence-corrected chi connectivity index (χ2v) is 6.85. The van der Waals surface area contributed by atoms with Crippen LogP contribution in [0.2, 0.25) is 5.02 Å². The number of nitrogens with zero attached hydrogens (tertiary/aromatic N) is 1. The number of ether oxygens (including phenoxy) is 3. The van der Waals surface area contributed by atoms with E-state index in [1.807, 2.05) is 6.07 Å². The molecule has 2 heterocycles. The number of amides is 2. The summed E-state index contributed by atoms with van der Waals surface area (Å²) in [5, 5.41) is 2.87. The monoisotopic (exact) mass is 402 g/mol. The van der Waals surface area contributed by atoms with Crippen molar-refractivity contribution in [2.24, 2.45) is 0 Å². The van der Waals surface area contributed by atoms with Crippen LogP contribution in [0.25, 0.3) is 0 Å². The maximum atomic E-state index is 13.3. The van der Waals surface area contributed by atoms with Crippen molar-refractivity contribution in [1.29, 1.82) is 0 Å². The quantitative estimate of drug-likeness (QED) is 0.835. The van der Waals surface area contributed by atoms with Crippen LogP contribution in [-0.2, 0) is 4.79 Å². The number of hydrogen-bond donors (Lipinski definition) is 1. The van der Waals surface area contributed by atoms with Crippen LogP contribution in [0.1, 0.15) is 16.8 Å². The number of benzene rings is 2. The average Bonchev–Trinajstić information content (AvgIpc) is 2.97. The van der Waals surface area contributed by atoms with Gasteiger partial charge in [-0.05, 0) is 24.3 Å². The molecule has 7 nitrogen and oxygen atoms in total. The van der Waals surface area contributed by atoms with Gasteiger partial charge in [-0.15, -0.1) is 0 Å². The molecule has 0 radical (unpaired) electrons. The summed E-state index contributed by atoms with van der Waals surface area (Å²) < 4.78 is 17.1. The van der Waals surface area contributed by atoms with E-state index in [0.29, 0.717) is 46.7 Å². The van der Waals surface area contributed by atoms with E-state index in [2.05, 4.69) is 5.32 Å². The summed E-state index contributed by atoms with van der Waals surface area (Å²) in [5.41, 5.74) is 0.942. The third-order valence-electron chi connectivity index (χ3n) is 4.61. The van der Waals surface area contributed by atoms with Gasteiger partial charge >= 0.3 is 0 Å². The molecule has 0 spiro atoms. The molecule has 2 aliphatic rings. The molecular weight excluding hydrogens is 384 g/mol. The lowest BCUT2D eigenvalue weighted by atomic mass is 10.1. The fourth-order valence-corrected chi connectivity index (χ4v) is 3.50. The fourth-order valence-electron chi connectivity index (χ4n) is 3.23. The largest absolute Gasteiger partial charge is 0.489 e. The molecular formula is C20H19ClN2O5. The van der Waals surface area contributed by atoms with Crippen molar-refractivity contribution in [1.82, 2.24) is 5.32 Å². The van der Waals surface area contributed by atoms with E-state index in [1.54, 1.807) is 30.3 Å². The van der Waals surface area contributed by atoms with Crippen LogP contribution in [0.4, 0.5) is 5.69 Å². The van der Waals surface area contributed by atoms with Crippen LogP contribution < -0.4 is 24.4 Å². The van der Waals surface area contributed by atoms with Gasteiger partial charge in [-0.2, -0.15) is 0 Å². The van der Waals surface area contributed by atoms with Crippen LogP contribution in [0.3, 0.4) is 0 Å². The average molecular weight is 403 g/mol. The molecule has 0 fully saturated rings. The first-order valence-corrected chi connectivity index (χ1v) is 9.34. The Bertz CT molecular complexity index is 933. The predicted octanol–water partition coefficient (Wildman–Crippen LogP) is 2.66. The molecule has 4 rings (SSSR count). The molecule has 0 saturated heterocycles. The van der Waals surface area contributed by atoms with E-state index in [9.17, 15) is 9.59 Å². The molecule has 2 aliphatic heterocycles. The van der Waals surface area contributed by atoms with Crippen LogP contribution in [0, 0.1) is 0 Å². The number of carbonyl (C=O) groups excluding carboxylic acids is 2. The second-order valence-electron chi connectivity index (χ2n) is 6.44. The summed E-state index contributed by atoms with van der Waals surface area (Å²) in [7, 11) is 1.53. The van der Waals surface area contributed by atoms with Crippen LogP contribution in [0.5, 0.6) is 17.2 Å². The fraction of sp³-hybridized carbons (Fsp3) is 0.300. The molecule has 146 valence electrons. The Labute approximate surface area is 167 Å². The lowest BCUT2D eigenvalue weighted by molar-refractivity contribution is -0.127. The van der Waals surface area contributed by atoms with Crippen molar-refractivity contribution < 1.29 is 23.8 Å². The van der Waals surface area contributed by atoms with E-state index < -0.39 is 6.10 Å². The predicted molar refractivity (Wildman–Crippen MR) is 104 cm³/mol. The Kier molecular flexibility index (Phi) is 5.00. The van der Waals surface area contributed by atoms with E-state index in [-0.39, 0.29) is 18.4 Å². The van der Waals surface area contributed by atoms with E-state index in [4.69, 9.17) is 25.8 Å². The standard InChI is InChI=1S/C20H19ClN2O5/c1-22-19(24)17-11-23(14-5-2-3-6-15(14)28-17)20(25)12-9-13(21)18-16(10-12)26-7-4-8-27-18/h2-3,5-6,9-10,17H,4,7-8,11H2,1H3,(H,22,24). The molecule has 2 aromatic rings. The van der Waals surface area contributed by atoms with Gasteiger partial charge in [0.25, 0.3) is 11.8 Å². The van der Waals surface area contributed by atoms with Gasteiger partial charge in [0.2, 0.25) is 0 Å². The molecule has 0 saturated carbocycles. The molecule has 0 aromatic heterocycles. The highest BCUT2D eigenvalue weighted by molar-refractivity contribution is 6.33. The Morgan fingerprint density at radius 2 is 1.93 bits per heavy atom. The molecule has 2 aromatic carbocycles. The second kappa shape index (κ2) is 7.59. The van der Waals surface area contributed by atoms with Gasteiger partial charge < -0.3 is 24.4 Å². The lowest BCUT2D eigenvalue weighted by Crippen LogP contribution is -2.50. The minimum atomic E-state index is -0.806. The molecule has 1 atom stereocenters. The number of fused-ring (bicyclic) bond motifs is 2. The van der Waals surface area contributed by atoms with Crippen molar-refractivity contribution in [3.63, 3.8) is 0 Å². The molecule has 0 bridgehead atoms. The zero-order valence-electron chi connectivity index (χ0n) is 15.2. The van der Waals surface area contributed by atoms with Gasteiger partial charge in [-0.3, -0.25) is 9.59 Å². The zero-order valence-corrected chi connectivity index (χ0v) is 16.0. The van der Waals surface area contributed by atoms with Crippen molar-refractivity contribution >= 4 is 29.1 Å². The van der Waals surface area contributed by atoms with Crippen LogP contribution in [0.15, 0.2) is 36.4 Å². The Morgan fingerprint density at radius 1 is 1.14 bits per heavy atom. The van der Waals surface area contributed by atoms with Crippen molar-refractivity contribution in [3.05, 3.63) is 47.0 Å². The molecule has 8 heteroatoms. The molecule has 1 N–H and O–H groups in total. The maximum absolute atomic E-state index is 13.3. The highest BCUT2D eigenvalue weighted by atomic mass is 35.5. The highest BCUT2D eigenvalue weighted by Gasteiger charge is 2.34. The summed E-state index contributed by atoms with van der Waals surface area (Å²) in [6.07, 6.45) is -0.0707. The van der Waals surface area contributed by atoms with Gasteiger partial charge in [0.05, 0.1) is 30.5 Å². The van der Waals surface area contributed by atoms with Crippen molar-refractivity contribution in [2.75, 3.05) is 31.7 Å². The third kappa shape index (κ3) is 3.33. The summed E-state index contributed by atoms with van der Waals surface area (Å²) in [6, 6.07) is 10.3. The number of likely N-dealkylation sites (N-methyl/N-ethyl adjacent to an activating group) is 1. The summed E-state index contributed by atoms with van der Waals surface area (Å²) in [5.74, 6) is 0.751. The van der Waals surface area contributed by atoms with E-state index >= 15 is 0 Å². The Balaban J connectivity index is 1.72. The third-order valence-corrected chi connectivity index (χ3v) is 4.89. The zero-order chi connectivity index (χ0) is 19.7. The van der Waals surface area contributed by atoms with Gasteiger partial charge in [0.15, 0.2) is 17.6 Å². The van der Waals surface area contributed by atoms with Gasteiger partial charge in [0.1, 0.15) is 5.75 Å². The van der Waals surface area contributed by atoms with Gasteiger partial charge in [-0.25, -0.2) is 0 Å². The van der Waals surface area contributed by atoms with Crippen LogP contribution >= 0.6 is 11.6 Å². The number of anilines is 1. The van der Waals surface area contributed by atoms with E-state index in [1.165, 1.54) is 11.9 Å². The molecule has 0 aliphatic carbocycles. The van der Waals surface area contributed by atoms with E-state index in [0.717, 1.165) is 6.42 Å². The summed E-state index contributed by atoms with van der Waals surface area (Å²) in [4.78, 5) is 27.0. The topological polar surface area (TPSA) is 77.1 Å². The van der Waals surface area contributed by atoms with Crippen LogP contribution in [-0.4, -0.2) is 44.7 Å². The highest BCUT2D eigenvalue weighted by Crippen LogP contribution is 2.40. The Morgan fingerprint density at radius 3 is 2.75 bits per heavy atom. The first kappa shape index (κ1) is 18.4. The number of nitrogens with one attached hydrogen (secondary N) is 1. The number of carbonyl (C=O) groups is 2. The normalized spacial score (nSPS) is 17.8. The summed E-state index contributed by atoms with van der Waals surface area (Å²) in [6.45, 7) is 1.08. The number of halogens is 1. The molecule has 2 amide bonds. The molecule has 28 heavy (non-hydrogen) atoms. The minimum Gasteiger partial charge on any atom is -0.489 e. The lowest BCUT2D eigenvalue weighted by Gasteiger charge is -2.34. The first-order valence-electron chi connectivity index (χ1n) is 8.97. The maximum Gasteiger partial charge on any atom is 0.262 e. The smallest absolute Gasteiger partial charge is 0.262 e. The van der Waals surface area contributed by atoms with Crippen molar-refractivity contribution in [2.45, 2.75) is 12.5 Å². The molecule has 1 unspecified atom stereocenters. The minimum absolute atomic E-state index is 0.0849. The van der Waals surface area contributed by atoms with Gasteiger partial charge in [-0.1, -0.05) is 23.7 Å². The number of rotatable bonds is 2. The van der Waals surface area contributed by atoms with Gasteiger partial charge in [0, 0.05) is 19.0 Å².